The largest absolute Gasteiger partial charge is 0.467 e. The Kier molecular flexibility index (Phi) is 6.96. The maximum Gasteiger partial charge on any atom is 0.321 e. The Balaban J connectivity index is 1.76. The van der Waals surface area contributed by atoms with Crippen LogP contribution in [0.4, 0.5) is 10.7 Å². The van der Waals surface area contributed by atoms with Gasteiger partial charge in [-0.05, 0) is 45.2 Å². The highest BCUT2D eigenvalue weighted by Gasteiger charge is 2.25. The van der Waals surface area contributed by atoms with Gasteiger partial charge in [0, 0.05) is 19.6 Å². The smallest absolute Gasteiger partial charge is 0.321 e. The molecule has 3 amide bonds. The van der Waals surface area contributed by atoms with Crippen LogP contribution in [0, 0.1) is 0 Å². The molecule has 28 heavy (non-hydrogen) atoms. The van der Waals surface area contributed by atoms with E-state index in [0.717, 1.165) is 37.6 Å². The monoisotopic (exact) mass is 406 g/mol. The van der Waals surface area contributed by atoms with Gasteiger partial charge >= 0.3 is 6.03 Å². The number of hydrogen-bond donors (Lipinski definition) is 2. The average molecular weight is 407 g/mol. The molecule has 3 heterocycles. The number of aromatic nitrogens is 3. The Hall–Kier alpha value is -2.49. The fraction of sp³-hybridized carbons (Fsp3) is 0.556. The number of urea groups is 1. The maximum absolute atomic E-state index is 12.3. The lowest BCUT2D eigenvalue weighted by Gasteiger charge is -2.27. The van der Waals surface area contributed by atoms with Crippen molar-refractivity contribution < 1.29 is 14.0 Å². The summed E-state index contributed by atoms with van der Waals surface area (Å²) in [6, 6.07) is 3.25. The molecular formula is C18H26N6O3S. The Bertz CT molecular complexity index is 785. The van der Waals surface area contributed by atoms with Gasteiger partial charge in [0.05, 0.1) is 18.1 Å². The van der Waals surface area contributed by atoms with Crippen LogP contribution in [-0.2, 0) is 11.3 Å². The van der Waals surface area contributed by atoms with Crippen LogP contribution in [-0.4, -0.2) is 51.6 Å². The molecule has 3 rings (SSSR count). The van der Waals surface area contributed by atoms with Gasteiger partial charge < -0.3 is 14.6 Å². The third-order valence-corrected chi connectivity index (χ3v) is 5.54. The summed E-state index contributed by atoms with van der Waals surface area (Å²) in [7, 11) is 0. The van der Waals surface area contributed by atoms with Crippen LogP contribution in [0.15, 0.2) is 28.0 Å². The minimum absolute atomic E-state index is 0.372. The van der Waals surface area contributed by atoms with Crippen LogP contribution in [0.25, 0.3) is 0 Å². The molecule has 0 saturated carbocycles. The highest BCUT2D eigenvalue weighted by Crippen LogP contribution is 2.28. The number of amides is 3. The molecule has 9 nitrogen and oxygen atoms in total. The fourth-order valence-electron chi connectivity index (χ4n) is 3.02. The van der Waals surface area contributed by atoms with Crippen molar-refractivity contribution in [3.8, 4) is 0 Å². The van der Waals surface area contributed by atoms with Crippen LogP contribution >= 0.6 is 11.8 Å². The number of thioether (sulfide) groups is 1. The molecule has 1 atom stereocenters. The SMILES string of the molecule is CCNC(=O)NC(=O)[C@H](C)Sc1nnc(N2CCCCC2)n1Cc1ccco1. The quantitative estimate of drug-likeness (QED) is 0.679. The molecule has 2 aromatic heterocycles. The lowest BCUT2D eigenvalue weighted by molar-refractivity contribution is -0.119. The van der Waals surface area contributed by atoms with Crippen molar-refractivity contribution in [3.05, 3.63) is 24.2 Å². The van der Waals surface area contributed by atoms with Gasteiger partial charge in [-0.2, -0.15) is 0 Å². The van der Waals surface area contributed by atoms with Crippen LogP contribution in [0.2, 0.25) is 0 Å². The van der Waals surface area contributed by atoms with Crippen molar-refractivity contribution in [2.75, 3.05) is 24.5 Å². The molecule has 1 aliphatic rings. The summed E-state index contributed by atoms with van der Waals surface area (Å²) in [6.07, 6.45) is 5.11. The van der Waals surface area contributed by atoms with Gasteiger partial charge in [-0.1, -0.05) is 11.8 Å². The van der Waals surface area contributed by atoms with Crippen molar-refractivity contribution in [1.82, 2.24) is 25.4 Å². The third-order valence-electron chi connectivity index (χ3n) is 4.46. The Labute approximate surface area is 168 Å². The van der Waals surface area contributed by atoms with Crippen molar-refractivity contribution in [2.45, 2.75) is 50.1 Å². The summed E-state index contributed by atoms with van der Waals surface area (Å²) >= 11 is 1.27. The Morgan fingerprint density at radius 2 is 2.07 bits per heavy atom. The predicted molar refractivity (Wildman–Crippen MR) is 106 cm³/mol. The molecule has 1 fully saturated rings. The van der Waals surface area contributed by atoms with Gasteiger partial charge in [0.25, 0.3) is 0 Å². The van der Waals surface area contributed by atoms with Crippen molar-refractivity contribution in [1.29, 1.82) is 0 Å². The highest BCUT2D eigenvalue weighted by molar-refractivity contribution is 8.00. The minimum atomic E-state index is -0.503. The second-order valence-corrected chi connectivity index (χ2v) is 7.91. The van der Waals surface area contributed by atoms with Crippen LogP contribution in [0.1, 0.15) is 38.9 Å². The van der Waals surface area contributed by atoms with Crippen molar-refractivity contribution >= 4 is 29.6 Å². The molecule has 152 valence electrons. The molecule has 2 N–H and O–H groups in total. The molecule has 0 spiro atoms. The zero-order chi connectivity index (χ0) is 19.9. The van der Waals surface area contributed by atoms with Crippen LogP contribution in [0.5, 0.6) is 0 Å². The van der Waals surface area contributed by atoms with Crippen LogP contribution < -0.4 is 15.5 Å². The number of anilines is 1. The highest BCUT2D eigenvalue weighted by atomic mass is 32.2. The molecule has 0 bridgehead atoms. The number of nitrogens with zero attached hydrogens (tertiary/aromatic N) is 4. The molecule has 1 aliphatic heterocycles. The van der Waals surface area contributed by atoms with Gasteiger partial charge in [-0.3, -0.25) is 14.7 Å². The van der Waals surface area contributed by atoms with Gasteiger partial charge in [0.1, 0.15) is 5.76 Å². The van der Waals surface area contributed by atoms with E-state index >= 15 is 0 Å². The number of nitrogens with one attached hydrogen (secondary N) is 2. The standard InChI is InChI=1S/C18H26N6O3S/c1-3-19-16(26)20-15(25)13(2)28-18-22-21-17(23-9-5-4-6-10-23)24(18)12-14-8-7-11-27-14/h7-8,11,13H,3-6,9-10,12H2,1-2H3,(H2,19,20,25,26)/t13-/m0/s1. The topological polar surface area (TPSA) is 105 Å². The zero-order valence-electron chi connectivity index (χ0n) is 16.2. The first-order valence-corrected chi connectivity index (χ1v) is 10.4. The predicted octanol–water partition coefficient (Wildman–Crippen LogP) is 2.24. The van der Waals surface area contributed by atoms with Crippen molar-refractivity contribution in [2.24, 2.45) is 0 Å². The van der Waals surface area contributed by atoms with Crippen LogP contribution in [0.3, 0.4) is 0 Å². The number of carbonyl (C=O) groups excluding carboxylic acids is 2. The molecule has 0 radical (unpaired) electrons. The Morgan fingerprint density at radius 1 is 1.29 bits per heavy atom. The summed E-state index contributed by atoms with van der Waals surface area (Å²) in [5.41, 5.74) is 0. The third kappa shape index (κ3) is 5.06. The van der Waals surface area contributed by atoms with E-state index in [1.165, 1.54) is 18.2 Å². The number of rotatable bonds is 7. The summed E-state index contributed by atoms with van der Waals surface area (Å²) in [5.74, 6) is 1.21. The van der Waals surface area contributed by atoms with Gasteiger partial charge in [0.2, 0.25) is 11.9 Å². The number of hydrogen-bond acceptors (Lipinski definition) is 7. The van der Waals surface area contributed by atoms with E-state index in [1.54, 1.807) is 20.1 Å². The molecule has 10 heteroatoms. The molecular weight excluding hydrogens is 380 g/mol. The van der Waals surface area contributed by atoms with E-state index in [4.69, 9.17) is 4.42 Å². The second kappa shape index (κ2) is 9.63. The first-order valence-electron chi connectivity index (χ1n) is 9.54. The Morgan fingerprint density at radius 3 is 2.75 bits per heavy atom. The minimum Gasteiger partial charge on any atom is -0.467 e. The van der Waals surface area contributed by atoms with Gasteiger partial charge in [-0.15, -0.1) is 10.2 Å². The molecule has 2 aromatic rings. The molecule has 0 aliphatic carbocycles. The first-order chi connectivity index (χ1) is 13.6. The van der Waals surface area contributed by atoms with Gasteiger partial charge in [-0.25, -0.2) is 4.79 Å². The summed E-state index contributed by atoms with van der Waals surface area (Å²) in [5, 5.41) is 13.7. The van der Waals surface area contributed by atoms with E-state index in [-0.39, 0.29) is 5.91 Å². The summed E-state index contributed by atoms with van der Waals surface area (Å²) in [4.78, 5) is 26.1. The van der Waals surface area contributed by atoms with E-state index in [2.05, 4.69) is 25.7 Å². The normalized spacial score (nSPS) is 15.3. The lowest BCUT2D eigenvalue weighted by Crippen LogP contribution is -2.42. The molecule has 0 unspecified atom stereocenters. The first kappa shape index (κ1) is 20.2. The maximum atomic E-state index is 12.3. The molecule has 1 saturated heterocycles. The van der Waals surface area contributed by atoms with E-state index in [1.807, 2.05) is 16.7 Å². The number of furan rings is 1. The van der Waals surface area contributed by atoms with E-state index in [9.17, 15) is 9.59 Å². The van der Waals surface area contributed by atoms with Gasteiger partial charge in [0.15, 0.2) is 5.16 Å². The second-order valence-electron chi connectivity index (χ2n) is 6.60. The fourth-order valence-corrected chi connectivity index (χ4v) is 3.87. The number of piperidine rings is 1. The zero-order valence-corrected chi connectivity index (χ0v) is 17.0. The average Bonchev–Trinajstić information content (AvgIpc) is 3.33. The lowest BCUT2D eigenvalue weighted by atomic mass is 10.1. The summed E-state index contributed by atoms with van der Waals surface area (Å²) in [6.45, 7) is 6.35. The van der Waals surface area contributed by atoms with E-state index < -0.39 is 11.3 Å². The van der Waals surface area contributed by atoms with E-state index in [0.29, 0.717) is 18.2 Å². The molecule has 0 aromatic carbocycles. The summed E-state index contributed by atoms with van der Waals surface area (Å²) < 4.78 is 7.48. The number of carbonyl (C=O) groups is 2. The number of imide groups is 1. The van der Waals surface area contributed by atoms with Crippen molar-refractivity contribution in [3.63, 3.8) is 0 Å².